The van der Waals surface area contributed by atoms with Crippen LogP contribution in [0.4, 0.5) is 5.82 Å². The van der Waals surface area contributed by atoms with Gasteiger partial charge in [-0.25, -0.2) is 4.98 Å². The first-order chi connectivity index (χ1) is 9.26. The van der Waals surface area contributed by atoms with Crippen molar-refractivity contribution in [3.63, 3.8) is 0 Å². The highest BCUT2D eigenvalue weighted by Gasteiger charge is 2.22. The third-order valence-electron chi connectivity index (χ3n) is 4.18. The van der Waals surface area contributed by atoms with E-state index in [0.717, 1.165) is 18.9 Å². The Morgan fingerprint density at radius 2 is 2.05 bits per heavy atom. The van der Waals surface area contributed by atoms with Gasteiger partial charge in [0.25, 0.3) is 0 Å². The molecule has 1 heterocycles. The first-order valence-corrected chi connectivity index (χ1v) is 7.72. The normalized spacial score (nSPS) is 17.6. The van der Waals surface area contributed by atoms with Crippen LogP contribution in [0.3, 0.4) is 0 Å². The summed E-state index contributed by atoms with van der Waals surface area (Å²) in [7, 11) is 0. The minimum absolute atomic E-state index is 0.383. The van der Waals surface area contributed by atoms with E-state index in [-0.39, 0.29) is 0 Å². The van der Waals surface area contributed by atoms with Crippen LogP contribution in [-0.4, -0.2) is 24.1 Å². The van der Waals surface area contributed by atoms with Crippen LogP contribution in [0.1, 0.15) is 58.1 Å². The molecule has 0 aromatic carbocycles. The van der Waals surface area contributed by atoms with Crippen molar-refractivity contribution in [1.82, 2.24) is 10.3 Å². The summed E-state index contributed by atoms with van der Waals surface area (Å²) in [5, 5.41) is 3.43. The number of hydrogen-bond donors (Lipinski definition) is 1. The molecule has 1 fully saturated rings. The zero-order valence-electron chi connectivity index (χ0n) is 12.5. The van der Waals surface area contributed by atoms with E-state index in [4.69, 9.17) is 0 Å². The fourth-order valence-corrected chi connectivity index (χ4v) is 3.07. The summed E-state index contributed by atoms with van der Waals surface area (Å²) in [4.78, 5) is 7.15. The van der Waals surface area contributed by atoms with Crippen LogP contribution in [0, 0.1) is 0 Å². The van der Waals surface area contributed by atoms with Crippen molar-refractivity contribution in [2.24, 2.45) is 0 Å². The standard InChI is InChI=1S/C16H27N3/c1-4-17-13(3)14-10-11-16(18-12-14)19(5-2)15-8-6-7-9-15/h10-13,15,17H,4-9H2,1-3H3. The molecule has 3 heteroatoms. The number of aromatic nitrogens is 1. The van der Waals surface area contributed by atoms with Crippen molar-refractivity contribution in [3.05, 3.63) is 23.9 Å². The van der Waals surface area contributed by atoms with Crippen molar-refractivity contribution >= 4 is 5.82 Å². The molecule has 19 heavy (non-hydrogen) atoms. The molecule has 1 aliphatic rings. The lowest BCUT2D eigenvalue weighted by Crippen LogP contribution is -2.33. The van der Waals surface area contributed by atoms with Crippen molar-refractivity contribution < 1.29 is 0 Å². The highest BCUT2D eigenvalue weighted by Crippen LogP contribution is 2.27. The van der Waals surface area contributed by atoms with Crippen molar-refractivity contribution in [3.8, 4) is 0 Å². The molecule has 0 amide bonds. The maximum atomic E-state index is 4.68. The number of nitrogens with one attached hydrogen (secondary N) is 1. The molecule has 0 bridgehead atoms. The molecule has 106 valence electrons. The predicted molar refractivity (Wildman–Crippen MR) is 81.6 cm³/mol. The second-order valence-corrected chi connectivity index (χ2v) is 5.45. The van der Waals surface area contributed by atoms with Crippen molar-refractivity contribution in [2.75, 3.05) is 18.0 Å². The van der Waals surface area contributed by atoms with Gasteiger partial charge in [-0.2, -0.15) is 0 Å². The van der Waals surface area contributed by atoms with Gasteiger partial charge in [-0.05, 0) is 44.9 Å². The third-order valence-corrected chi connectivity index (χ3v) is 4.18. The molecular formula is C16H27N3. The Morgan fingerprint density at radius 1 is 1.32 bits per heavy atom. The van der Waals surface area contributed by atoms with Gasteiger partial charge in [-0.1, -0.05) is 25.8 Å². The topological polar surface area (TPSA) is 28.2 Å². The molecule has 0 radical (unpaired) electrons. The van der Waals surface area contributed by atoms with E-state index < -0.39 is 0 Å². The van der Waals surface area contributed by atoms with Gasteiger partial charge < -0.3 is 10.2 Å². The van der Waals surface area contributed by atoms with Gasteiger partial charge in [-0.15, -0.1) is 0 Å². The SMILES string of the molecule is CCNC(C)c1ccc(N(CC)C2CCCC2)nc1. The van der Waals surface area contributed by atoms with Crippen LogP contribution in [0.25, 0.3) is 0 Å². The summed E-state index contributed by atoms with van der Waals surface area (Å²) < 4.78 is 0. The maximum Gasteiger partial charge on any atom is 0.128 e. The molecule has 1 aliphatic carbocycles. The summed E-state index contributed by atoms with van der Waals surface area (Å²) in [6.07, 6.45) is 7.42. The van der Waals surface area contributed by atoms with Gasteiger partial charge in [0.15, 0.2) is 0 Å². The van der Waals surface area contributed by atoms with Crippen molar-refractivity contribution in [1.29, 1.82) is 0 Å². The number of hydrogen-bond acceptors (Lipinski definition) is 3. The zero-order valence-corrected chi connectivity index (χ0v) is 12.5. The van der Waals surface area contributed by atoms with E-state index in [2.05, 4.69) is 48.1 Å². The molecule has 1 aromatic heterocycles. The molecule has 1 atom stereocenters. The summed E-state index contributed by atoms with van der Waals surface area (Å²) >= 11 is 0. The monoisotopic (exact) mass is 261 g/mol. The molecule has 0 saturated heterocycles. The van der Waals surface area contributed by atoms with Gasteiger partial charge in [0, 0.05) is 24.8 Å². The summed E-state index contributed by atoms with van der Waals surface area (Å²) in [5.41, 5.74) is 1.27. The highest BCUT2D eigenvalue weighted by molar-refractivity contribution is 5.41. The number of pyridine rings is 1. The van der Waals surface area contributed by atoms with Crippen LogP contribution in [-0.2, 0) is 0 Å². The minimum atomic E-state index is 0.383. The van der Waals surface area contributed by atoms with Gasteiger partial charge in [0.05, 0.1) is 0 Å². The highest BCUT2D eigenvalue weighted by atomic mass is 15.2. The Kier molecular flexibility index (Phi) is 5.20. The van der Waals surface area contributed by atoms with Crippen LogP contribution >= 0.6 is 0 Å². The zero-order chi connectivity index (χ0) is 13.7. The van der Waals surface area contributed by atoms with Crippen LogP contribution < -0.4 is 10.2 Å². The second-order valence-electron chi connectivity index (χ2n) is 5.45. The second kappa shape index (κ2) is 6.90. The summed E-state index contributed by atoms with van der Waals surface area (Å²) in [5.74, 6) is 1.14. The predicted octanol–water partition coefficient (Wildman–Crippen LogP) is 3.52. The van der Waals surface area contributed by atoms with Gasteiger partial charge in [0.2, 0.25) is 0 Å². The molecule has 0 aliphatic heterocycles. The summed E-state index contributed by atoms with van der Waals surface area (Å²) in [6.45, 7) is 8.60. The molecule has 0 spiro atoms. The molecule has 1 N–H and O–H groups in total. The smallest absolute Gasteiger partial charge is 0.128 e. The van der Waals surface area contributed by atoms with E-state index in [1.54, 1.807) is 0 Å². The van der Waals surface area contributed by atoms with Gasteiger partial charge in [0.1, 0.15) is 5.82 Å². The average Bonchev–Trinajstić information content (AvgIpc) is 2.95. The largest absolute Gasteiger partial charge is 0.354 e. The fraction of sp³-hybridized carbons (Fsp3) is 0.688. The Bertz CT molecular complexity index is 368. The first kappa shape index (κ1) is 14.3. The van der Waals surface area contributed by atoms with Gasteiger partial charge in [-0.3, -0.25) is 0 Å². The van der Waals surface area contributed by atoms with Crippen molar-refractivity contribution in [2.45, 2.75) is 58.5 Å². The maximum absolute atomic E-state index is 4.68. The molecule has 1 saturated carbocycles. The Labute approximate surface area is 117 Å². The van der Waals surface area contributed by atoms with E-state index in [1.165, 1.54) is 31.2 Å². The Balaban J connectivity index is 2.07. The lowest BCUT2D eigenvalue weighted by molar-refractivity contribution is 0.592. The lowest BCUT2D eigenvalue weighted by atomic mass is 10.1. The third kappa shape index (κ3) is 3.47. The van der Waals surface area contributed by atoms with Gasteiger partial charge >= 0.3 is 0 Å². The molecule has 3 nitrogen and oxygen atoms in total. The summed E-state index contributed by atoms with van der Waals surface area (Å²) in [6, 6.07) is 5.49. The van der Waals surface area contributed by atoms with Crippen LogP contribution in [0.2, 0.25) is 0 Å². The van der Waals surface area contributed by atoms with E-state index in [0.29, 0.717) is 12.1 Å². The van der Waals surface area contributed by atoms with E-state index in [1.807, 2.05) is 6.20 Å². The Hall–Kier alpha value is -1.09. The van der Waals surface area contributed by atoms with Crippen LogP contribution in [0.5, 0.6) is 0 Å². The van der Waals surface area contributed by atoms with E-state index >= 15 is 0 Å². The molecule has 1 aromatic rings. The molecule has 2 rings (SSSR count). The lowest BCUT2D eigenvalue weighted by Gasteiger charge is -2.29. The number of nitrogens with zero attached hydrogens (tertiary/aromatic N) is 2. The van der Waals surface area contributed by atoms with Crippen LogP contribution in [0.15, 0.2) is 18.3 Å². The Morgan fingerprint density at radius 3 is 2.58 bits per heavy atom. The number of rotatable bonds is 6. The average molecular weight is 261 g/mol. The quantitative estimate of drug-likeness (QED) is 0.849. The minimum Gasteiger partial charge on any atom is -0.354 e. The first-order valence-electron chi connectivity index (χ1n) is 7.72. The molecular weight excluding hydrogens is 234 g/mol. The fourth-order valence-electron chi connectivity index (χ4n) is 3.07. The molecule has 1 unspecified atom stereocenters. The van der Waals surface area contributed by atoms with E-state index in [9.17, 15) is 0 Å². The number of anilines is 1.